The summed E-state index contributed by atoms with van der Waals surface area (Å²) in [5.41, 5.74) is 5.04. The zero-order chi connectivity index (χ0) is 20.4. The lowest BCUT2D eigenvalue weighted by Gasteiger charge is -2.14. The predicted octanol–water partition coefficient (Wildman–Crippen LogP) is 3.73. The third-order valence-corrected chi connectivity index (χ3v) is 5.25. The van der Waals surface area contributed by atoms with Crippen LogP contribution in [-0.4, -0.2) is 33.3 Å². The number of nitrogens with one attached hydrogen (secondary N) is 1. The molecule has 6 nitrogen and oxygen atoms in total. The summed E-state index contributed by atoms with van der Waals surface area (Å²) in [6, 6.07) is 9.72. The lowest BCUT2D eigenvalue weighted by Crippen LogP contribution is -2.34. The first-order valence-corrected chi connectivity index (χ1v) is 10.0. The van der Waals surface area contributed by atoms with Gasteiger partial charge in [-0.2, -0.15) is 5.10 Å². The van der Waals surface area contributed by atoms with Crippen molar-refractivity contribution in [1.29, 1.82) is 0 Å². The van der Waals surface area contributed by atoms with Crippen LogP contribution < -0.4 is 10.1 Å². The fraction of sp³-hybridized carbons (Fsp3) is 0.318. The number of hydrogen-bond acceptors (Lipinski definition) is 4. The van der Waals surface area contributed by atoms with Crippen LogP contribution in [0.2, 0.25) is 5.02 Å². The number of amides is 1. The van der Waals surface area contributed by atoms with Crippen LogP contribution in [0.25, 0.3) is 11.1 Å². The summed E-state index contributed by atoms with van der Waals surface area (Å²) in [6.45, 7) is 4.97. The maximum absolute atomic E-state index is 12.3. The molecule has 150 valence electrons. The number of aromatic nitrogens is 3. The largest absolute Gasteiger partial charge is 0.487 e. The Morgan fingerprint density at radius 1 is 1.28 bits per heavy atom. The molecule has 2 aromatic heterocycles. The van der Waals surface area contributed by atoms with Crippen molar-refractivity contribution in [2.24, 2.45) is 0 Å². The molecule has 0 bridgehead atoms. The Labute approximate surface area is 174 Å². The Morgan fingerprint density at radius 3 is 2.79 bits per heavy atom. The van der Waals surface area contributed by atoms with E-state index >= 15 is 0 Å². The summed E-state index contributed by atoms with van der Waals surface area (Å²) < 4.78 is 8.03. The Balaban J connectivity index is 1.36. The van der Waals surface area contributed by atoms with Crippen LogP contribution in [0.1, 0.15) is 23.4 Å². The number of hydrogen-bond donors (Lipinski definition) is 1. The number of rotatable bonds is 6. The first-order valence-electron chi connectivity index (χ1n) is 9.67. The van der Waals surface area contributed by atoms with E-state index in [0.717, 1.165) is 33.8 Å². The summed E-state index contributed by atoms with van der Waals surface area (Å²) in [5, 5.41) is 8.05. The summed E-state index contributed by atoms with van der Waals surface area (Å²) in [5.74, 6) is 0.826. The van der Waals surface area contributed by atoms with Gasteiger partial charge in [-0.05, 0) is 49.7 Å². The maximum atomic E-state index is 12.3. The van der Waals surface area contributed by atoms with Gasteiger partial charge in [0.1, 0.15) is 11.9 Å². The molecule has 0 unspecified atom stereocenters. The van der Waals surface area contributed by atoms with Gasteiger partial charge in [-0.15, -0.1) is 0 Å². The summed E-state index contributed by atoms with van der Waals surface area (Å²) in [7, 11) is 0. The highest BCUT2D eigenvalue weighted by Crippen LogP contribution is 2.40. The third-order valence-electron chi connectivity index (χ3n) is 5.03. The van der Waals surface area contributed by atoms with E-state index in [1.54, 1.807) is 12.4 Å². The number of halogens is 1. The topological polar surface area (TPSA) is 69.0 Å². The number of ether oxygens (including phenoxy) is 1. The lowest BCUT2D eigenvalue weighted by atomic mass is 10.0. The van der Waals surface area contributed by atoms with E-state index in [4.69, 9.17) is 16.3 Å². The molecule has 0 fully saturated rings. The Hall–Kier alpha value is -2.86. The van der Waals surface area contributed by atoms with Crippen molar-refractivity contribution in [2.45, 2.75) is 39.3 Å². The van der Waals surface area contributed by atoms with Gasteiger partial charge in [0.15, 0.2) is 0 Å². The monoisotopic (exact) mass is 410 g/mol. The fourth-order valence-electron chi connectivity index (χ4n) is 3.68. The van der Waals surface area contributed by atoms with Crippen molar-refractivity contribution in [3.05, 3.63) is 64.7 Å². The summed E-state index contributed by atoms with van der Waals surface area (Å²) in [4.78, 5) is 16.3. The van der Waals surface area contributed by atoms with Crippen molar-refractivity contribution >= 4 is 17.5 Å². The highest BCUT2D eigenvalue weighted by molar-refractivity contribution is 6.31. The van der Waals surface area contributed by atoms with Gasteiger partial charge in [0.2, 0.25) is 5.91 Å². The average Bonchev–Trinajstić information content (AvgIpc) is 3.26. The van der Waals surface area contributed by atoms with Gasteiger partial charge >= 0.3 is 0 Å². The van der Waals surface area contributed by atoms with Gasteiger partial charge in [-0.1, -0.05) is 11.6 Å². The van der Waals surface area contributed by atoms with Crippen LogP contribution in [0, 0.1) is 13.8 Å². The van der Waals surface area contributed by atoms with Crippen LogP contribution in [0.15, 0.2) is 42.7 Å². The van der Waals surface area contributed by atoms with E-state index in [-0.39, 0.29) is 12.0 Å². The maximum Gasteiger partial charge on any atom is 0.221 e. The third kappa shape index (κ3) is 4.43. The molecule has 7 heteroatoms. The number of nitrogens with zero attached hydrogens (tertiary/aromatic N) is 3. The van der Waals surface area contributed by atoms with E-state index in [9.17, 15) is 4.79 Å². The highest BCUT2D eigenvalue weighted by Gasteiger charge is 2.27. The lowest BCUT2D eigenvalue weighted by molar-refractivity contribution is -0.121. The Kier molecular flexibility index (Phi) is 5.53. The smallest absolute Gasteiger partial charge is 0.221 e. The normalized spacial score (nSPS) is 15.1. The molecule has 1 amide bonds. The Morgan fingerprint density at radius 2 is 2.07 bits per heavy atom. The first kappa shape index (κ1) is 19.5. The van der Waals surface area contributed by atoms with Crippen molar-refractivity contribution in [3.63, 3.8) is 0 Å². The number of carbonyl (C=O) groups excluding carboxylic acids is 1. The molecule has 0 aliphatic carbocycles. The van der Waals surface area contributed by atoms with E-state index in [1.165, 1.54) is 0 Å². The second kappa shape index (κ2) is 8.25. The van der Waals surface area contributed by atoms with Crippen molar-refractivity contribution < 1.29 is 9.53 Å². The summed E-state index contributed by atoms with van der Waals surface area (Å²) >= 11 is 6.32. The standard InChI is InChI=1S/C22H23ClN4O2/c1-14-9-15(2)27(26-14)8-5-21(28)25-13-19-11-17-10-18(23)12-20(22(17)29-19)16-3-6-24-7-4-16/h3-4,6-7,9-10,12,19H,5,8,11,13H2,1-2H3,(H,25,28)/t19-/m1/s1. The predicted molar refractivity (Wildman–Crippen MR) is 112 cm³/mol. The number of benzene rings is 1. The first-order chi connectivity index (χ1) is 14.0. The van der Waals surface area contributed by atoms with Crippen molar-refractivity contribution in [1.82, 2.24) is 20.1 Å². The van der Waals surface area contributed by atoms with Crippen LogP contribution in [-0.2, 0) is 17.8 Å². The van der Waals surface area contributed by atoms with E-state index in [2.05, 4.69) is 15.4 Å². The van der Waals surface area contributed by atoms with E-state index in [1.807, 2.05) is 48.9 Å². The molecule has 3 aromatic rings. The van der Waals surface area contributed by atoms with Gasteiger partial charge in [-0.25, -0.2) is 0 Å². The molecule has 4 rings (SSSR count). The molecule has 1 aliphatic rings. The van der Waals surface area contributed by atoms with Crippen LogP contribution in [0.5, 0.6) is 5.75 Å². The molecule has 0 radical (unpaired) electrons. The van der Waals surface area contributed by atoms with E-state index in [0.29, 0.717) is 31.0 Å². The zero-order valence-corrected chi connectivity index (χ0v) is 17.2. The van der Waals surface area contributed by atoms with Crippen molar-refractivity contribution in [3.8, 4) is 16.9 Å². The van der Waals surface area contributed by atoms with Gasteiger partial charge in [0, 0.05) is 53.6 Å². The number of carbonyl (C=O) groups is 1. The number of pyridine rings is 1. The average molecular weight is 411 g/mol. The number of aryl methyl sites for hydroxylation is 3. The van der Waals surface area contributed by atoms with Crippen LogP contribution in [0.3, 0.4) is 0 Å². The molecule has 29 heavy (non-hydrogen) atoms. The van der Waals surface area contributed by atoms with Gasteiger partial charge in [0.05, 0.1) is 12.2 Å². The minimum atomic E-state index is -0.110. The molecular formula is C22H23ClN4O2. The van der Waals surface area contributed by atoms with Crippen molar-refractivity contribution in [2.75, 3.05) is 6.54 Å². The molecule has 0 saturated carbocycles. The Bertz CT molecular complexity index is 1030. The SMILES string of the molecule is Cc1cc(C)n(CCC(=O)NC[C@H]2Cc3cc(Cl)cc(-c4ccncc4)c3O2)n1. The second-order valence-corrected chi connectivity index (χ2v) is 7.76. The molecule has 1 aromatic carbocycles. The molecule has 0 spiro atoms. The molecular weight excluding hydrogens is 388 g/mol. The molecule has 1 N–H and O–H groups in total. The highest BCUT2D eigenvalue weighted by atomic mass is 35.5. The quantitative estimate of drug-likeness (QED) is 0.672. The minimum Gasteiger partial charge on any atom is -0.487 e. The molecule has 1 aliphatic heterocycles. The minimum absolute atomic E-state index is 0.00972. The summed E-state index contributed by atoms with van der Waals surface area (Å²) in [6.07, 6.45) is 4.49. The second-order valence-electron chi connectivity index (χ2n) is 7.33. The fourth-order valence-corrected chi connectivity index (χ4v) is 3.92. The number of fused-ring (bicyclic) bond motifs is 1. The van der Waals surface area contributed by atoms with Gasteiger partial charge in [0.25, 0.3) is 0 Å². The van der Waals surface area contributed by atoms with E-state index < -0.39 is 0 Å². The molecule has 1 atom stereocenters. The molecule has 0 saturated heterocycles. The van der Waals surface area contributed by atoms with Gasteiger partial charge < -0.3 is 10.1 Å². The van der Waals surface area contributed by atoms with Crippen LogP contribution in [0.4, 0.5) is 0 Å². The van der Waals surface area contributed by atoms with Gasteiger partial charge in [-0.3, -0.25) is 14.5 Å². The zero-order valence-electron chi connectivity index (χ0n) is 16.5. The molecule has 3 heterocycles. The van der Waals surface area contributed by atoms with Crippen LogP contribution >= 0.6 is 11.6 Å².